The van der Waals surface area contributed by atoms with Gasteiger partial charge in [-0.3, -0.25) is 0 Å². The zero-order valence-electron chi connectivity index (χ0n) is 8.83. The number of phenols is 1. The van der Waals surface area contributed by atoms with Crippen molar-refractivity contribution in [1.82, 2.24) is 0 Å². The summed E-state index contributed by atoms with van der Waals surface area (Å²) < 4.78 is 0. The molecule has 0 fully saturated rings. The van der Waals surface area contributed by atoms with Gasteiger partial charge in [-0.2, -0.15) is 0 Å². The van der Waals surface area contributed by atoms with Crippen molar-refractivity contribution in [3.8, 4) is 5.75 Å². The maximum absolute atomic E-state index is 9.87. The molecule has 0 aliphatic heterocycles. The maximum Gasteiger partial charge on any atom is 3.00 e. The molecule has 2 rings (SSSR count). The van der Waals surface area contributed by atoms with Crippen LogP contribution in [-0.2, 0) is 32.7 Å². The number of nitrogens with one attached hydrogen (secondary N) is 1. The van der Waals surface area contributed by atoms with Gasteiger partial charge in [0.05, 0.1) is 0 Å². The average Bonchev–Trinajstić information content (AvgIpc) is 2.14. The molecule has 15 heavy (non-hydrogen) atoms. The normalized spacial score (nSPS) is 10.0. The molecule has 2 nitrogen and oxygen atoms in total. The first-order valence-electron chi connectivity index (χ1n) is 4.54. The number of benzene rings is 2. The summed E-state index contributed by atoms with van der Waals surface area (Å²) in [5, 5.41) is 11.6. The Morgan fingerprint density at radius 2 is 1.80 bits per heavy atom. The van der Waals surface area contributed by atoms with Crippen LogP contribution in [0.4, 0.5) is 5.69 Å². The molecule has 0 radical (unpaired) electrons. The fraction of sp³-hybridized carbons (Fsp3) is 0.167. The van der Waals surface area contributed by atoms with Crippen LogP contribution in [0.2, 0.25) is 0 Å². The van der Waals surface area contributed by atoms with Crippen LogP contribution >= 0.6 is 0 Å². The zero-order chi connectivity index (χ0) is 10.3. The van der Waals surface area contributed by atoms with E-state index in [9.17, 15) is 5.11 Å². The molecule has 2 aromatic carbocycles. The largest absolute Gasteiger partial charge is 3.00 e. The van der Waals surface area contributed by atoms with Gasteiger partial charge in [-0.25, -0.2) is 0 Å². The van der Waals surface area contributed by atoms with Crippen molar-refractivity contribution in [2.75, 3.05) is 0 Å². The van der Waals surface area contributed by atoms with Crippen LogP contribution in [0, 0.1) is 13.8 Å². The van der Waals surface area contributed by atoms with E-state index in [0.29, 0.717) is 11.4 Å². The molecule has 0 bridgehead atoms. The molecule has 0 aliphatic rings. The summed E-state index contributed by atoms with van der Waals surface area (Å²) in [6.07, 6.45) is 0. The van der Waals surface area contributed by atoms with Crippen LogP contribution in [0.5, 0.6) is 5.75 Å². The van der Waals surface area contributed by atoms with Gasteiger partial charge in [-0.15, -0.1) is 5.69 Å². The molecule has 0 aromatic heterocycles. The molecule has 0 heterocycles. The van der Waals surface area contributed by atoms with Crippen molar-refractivity contribution >= 4 is 16.5 Å². The third kappa shape index (κ3) is 2.16. The van der Waals surface area contributed by atoms with Gasteiger partial charge >= 0.3 is 32.7 Å². The van der Waals surface area contributed by atoms with E-state index >= 15 is 0 Å². The summed E-state index contributed by atoms with van der Waals surface area (Å²) in [6.45, 7) is 3.86. The molecular formula is C12H12NOY+2. The van der Waals surface area contributed by atoms with E-state index in [0.717, 1.165) is 21.9 Å². The number of hydrogen-bond acceptors (Lipinski definition) is 1. The number of rotatable bonds is 0. The van der Waals surface area contributed by atoms with Crippen LogP contribution in [0.15, 0.2) is 24.3 Å². The van der Waals surface area contributed by atoms with Crippen LogP contribution in [0.25, 0.3) is 16.5 Å². The first-order chi connectivity index (χ1) is 6.59. The zero-order valence-corrected chi connectivity index (χ0v) is 11.7. The van der Waals surface area contributed by atoms with Gasteiger partial charge in [0.25, 0.3) is 0 Å². The third-order valence-electron chi connectivity index (χ3n) is 2.63. The Kier molecular flexibility index (Phi) is 3.74. The monoisotopic (exact) mass is 275 g/mol. The van der Waals surface area contributed by atoms with E-state index in [1.165, 1.54) is 0 Å². The first-order valence-corrected chi connectivity index (χ1v) is 4.54. The molecule has 3 heteroatoms. The third-order valence-corrected chi connectivity index (χ3v) is 2.63. The summed E-state index contributed by atoms with van der Waals surface area (Å²) in [5.41, 5.74) is 9.93. The van der Waals surface area contributed by atoms with Gasteiger partial charge < -0.3 is 10.8 Å². The van der Waals surface area contributed by atoms with E-state index in [-0.39, 0.29) is 32.7 Å². The predicted molar refractivity (Wildman–Crippen MR) is 59.1 cm³/mol. The summed E-state index contributed by atoms with van der Waals surface area (Å²) in [4.78, 5) is 0. The van der Waals surface area contributed by atoms with Gasteiger partial charge in [0.1, 0.15) is 5.75 Å². The van der Waals surface area contributed by atoms with Gasteiger partial charge in [-0.05, 0) is 30.4 Å². The summed E-state index contributed by atoms with van der Waals surface area (Å²) >= 11 is 0. The Bertz CT molecular complexity index is 508. The molecular weight excluding hydrogens is 263 g/mol. The summed E-state index contributed by atoms with van der Waals surface area (Å²) in [7, 11) is 0. The molecule has 2 N–H and O–H groups in total. The Morgan fingerprint density at radius 3 is 2.47 bits per heavy atom. The molecule has 0 atom stereocenters. The molecule has 0 unspecified atom stereocenters. The van der Waals surface area contributed by atoms with E-state index < -0.39 is 0 Å². The van der Waals surface area contributed by atoms with Crippen molar-refractivity contribution in [3.05, 3.63) is 41.1 Å². The predicted octanol–water partition coefficient (Wildman–Crippen LogP) is 3.84. The van der Waals surface area contributed by atoms with E-state index in [1.54, 1.807) is 18.2 Å². The summed E-state index contributed by atoms with van der Waals surface area (Å²) in [6, 6.07) is 7.25. The molecule has 0 saturated heterocycles. The SMILES string of the molecule is Cc1cc2cc([NH-])ccc2c(O)c1C.[Y+3]. The second-order valence-corrected chi connectivity index (χ2v) is 3.60. The molecule has 72 valence electrons. The van der Waals surface area contributed by atoms with E-state index in [2.05, 4.69) is 0 Å². The van der Waals surface area contributed by atoms with Crippen LogP contribution in [-0.4, -0.2) is 5.11 Å². The van der Waals surface area contributed by atoms with Gasteiger partial charge in [-0.1, -0.05) is 24.3 Å². The fourth-order valence-corrected chi connectivity index (χ4v) is 1.63. The minimum atomic E-state index is 0. The summed E-state index contributed by atoms with van der Waals surface area (Å²) in [5.74, 6) is 0.333. The van der Waals surface area contributed by atoms with Crippen molar-refractivity contribution in [2.24, 2.45) is 0 Å². The molecule has 0 spiro atoms. The molecule has 0 amide bonds. The molecule has 2 aromatic rings. The fourth-order valence-electron chi connectivity index (χ4n) is 1.63. The standard InChI is InChI=1S/C12H12NO.Y/c1-7-5-9-6-10(13)3-4-11(9)12(14)8(7)2;/h3-6,13-14H,1-2H3;/q-1;+3. The number of aromatic hydroxyl groups is 1. The minimum Gasteiger partial charge on any atom is -0.699 e. The van der Waals surface area contributed by atoms with Crippen molar-refractivity contribution in [2.45, 2.75) is 13.8 Å². The Hall–Kier alpha value is -0.596. The minimum absolute atomic E-state index is 0. The number of aryl methyl sites for hydroxylation is 1. The quantitative estimate of drug-likeness (QED) is 0.779. The Morgan fingerprint density at radius 1 is 1.13 bits per heavy atom. The molecule has 0 saturated carbocycles. The Labute approximate surface area is 114 Å². The van der Waals surface area contributed by atoms with Crippen molar-refractivity contribution in [1.29, 1.82) is 0 Å². The van der Waals surface area contributed by atoms with Crippen LogP contribution < -0.4 is 0 Å². The smallest absolute Gasteiger partial charge is 0.699 e. The number of hydrogen-bond donors (Lipinski definition) is 1. The second-order valence-electron chi connectivity index (χ2n) is 3.60. The number of phenolic OH excluding ortho intramolecular Hbond substituents is 1. The number of fused-ring (bicyclic) bond motifs is 1. The first kappa shape index (κ1) is 12.5. The maximum atomic E-state index is 9.87. The van der Waals surface area contributed by atoms with Crippen molar-refractivity contribution in [3.63, 3.8) is 0 Å². The van der Waals surface area contributed by atoms with E-state index in [4.69, 9.17) is 5.73 Å². The van der Waals surface area contributed by atoms with Crippen LogP contribution in [0.1, 0.15) is 11.1 Å². The van der Waals surface area contributed by atoms with Gasteiger partial charge in [0, 0.05) is 5.39 Å². The molecule has 0 aliphatic carbocycles. The van der Waals surface area contributed by atoms with Gasteiger partial charge in [0.15, 0.2) is 0 Å². The second kappa shape index (κ2) is 4.50. The van der Waals surface area contributed by atoms with E-state index in [1.807, 2.05) is 19.9 Å². The topological polar surface area (TPSA) is 44.0 Å². The van der Waals surface area contributed by atoms with Crippen molar-refractivity contribution < 1.29 is 37.8 Å². The van der Waals surface area contributed by atoms with Crippen LogP contribution in [0.3, 0.4) is 0 Å². The van der Waals surface area contributed by atoms with Gasteiger partial charge in [0.2, 0.25) is 0 Å². The Balaban J connectivity index is 0.00000112. The average molecular weight is 275 g/mol.